The van der Waals surface area contributed by atoms with E-state index < -0.39 is 0 Å². The summed E-state index contributed by atoms with van der Waals surface area (Å²) in [6.07, 6.45) is 0. The van der Waals surface area contributed by atoms with Crippen molar-refractivity contribution in [2.24, 2.45) is 0 Å². The van der Waals surface area contributed by atoms with E-state index in [4.69, 9.17) is 9.15 Å². The zero-order valence-electron chi connectivity index (χ0n) is 8.33. The van der Waals surface area contributed by atoms with Gasteiger partial charge in [-0.25, -0.2) is 4.79 Å². The van der Waals surface area contributed by atoms with E-state index in [-0.39, 0.29) is 5.63 Å². The molecule has 2 rings (SSSR count). The van der Waals surface area contributed by atoms with E-state index in [1.807, 2.05) is 19.1 Å². The normalized spacial score (nSPS) is 10.6. The molecule has 4 heteroatoms. The van der Waals surface area contributed by atoms with Crippen LogP contribution < -0.4 is 10.4 Å². The van der Waals surface area contributed by atoms with Crippen LogP contribution in [0, 0.1) is 6.92 Å². The summed E-state index contributed by atoms with van der Waals surface area (Å²) in [6, 6.07) is 5.41. The fourth-order valence-corrected chi connectivity index (χ4v) is 1.73. The van der Waals surface area contributed by atoms with Crippen molar-refractivity contribution < 1.29 is 9.15 Å². The second-order valence-electron chi connectivity index (χ2n) is 3.19. The summed E-state index contributed by atoms with van der Waals surface area (Å²) in [4.78, 5) is 11.4. The quantitative estimate of drug-likeness (QED) is 0.747. The van der Waals surface area contributed by atoms with E-state index in [1.165, 1.54) is 0 Å². The Morgan fingerprint density at radius 1 is 1.40 bits per heavy atom. The van der Waals surface area contributed by atoms with Crippen molar-refractivity contribution in [2.75, 3.05) is 7.11 Å². The van der Waals surface area contributed by atoms with Crippen molar-refractivity contribution in [3.8, 4) is 5.75 Å². The third-order valence-corrected chi connectivity index (χ3v) is 3.22. The number of methoxy groups -OCH3 is 1. The fourth-order valence-electron chi connectivity index (χ4n) is 1.44. The van der Waals surface area contributed by atoms with Crippen LogP contribution in [0.5, 0.6) is 5.75 Å². The van der Waals surface area contributed by atoms with Crippen LogP contribution in [0.4, 0.5) is 0 Å². The molecule has 78 valence electrons. The molecule has 0 spiro atoms. The maximum absolute atomic E-state index is 11.4. The smallest absolute Gasteiger partial charge is 0.350 e. The second kappa shape index (κ2) is 3.70. The number of fused-ring (bicyclic) bond motifs is 1. The average molecular weight is 269 g/mol. The van der Waals surface area contributed by atoms with Crippen LogP contribution >= 0.6 is 15.9 Å². The largest absolute Gasteiger partial charge is 0.497 e. The van der Waals surface area contributed by atoms with Gasteiger partial charge in [0.05, 0.1) is 7.11 Å². The van der Waals surface area contributed by atoms with Gasteiger partial charge < -0.3 is 9.15 Å². The molecule has 0 aliphatic carbocycles. The Morgan fingerprint density at radius 3 is 2.80 bits per heavy atom. The summed E-state index contributed by atoms with van der Waals surface area (Å²) in [5, 5.41) is 0.905. The standard InChI is InChI=1S/C11H9BrO3/c1-6-8-4-3-7(14-2)5-9(8)15-11(13)10(6)12/h3-5H,1-2H3. The lowest BCUT2D eigenvalue weighted by Gasteiger charge is -2.04. The van der Waals surface area contributed by atoms with Gasteiger partial charge in [-0.1, -0.05) is 0 Å². The lowest BCUT2D eigenvalue weighted by molar-refractivity contribution is 0.414. The average Bonchev–Trinajstić information content (AvgIpc) is 2.25. The predicted octanol–water partition coefficient (Wildman–Crippen LogP) is 2.87. The number of hydrogen-bond acceptors (Lipinski definition) is 3. The third kappa shape index (κ3) is 1.65. The zero-order chi connectivity index (χ0) is 11.0. The number of benzene rings is 1. The minimum Gasteiger partial charge on any atom is -0.497 e. The van der Waals surface area contributed by atoms with E-state index in [0.717, 1.165) is 10.9 Å². The van der Waals surface area contributed by atoms with Crippen LogP contribution in [-0.2, 0) is 0 Å². The fraction of sp³-hybridized carbons (Fsp3) is 0.182. The first-order valence-electron chi connectivity index (χ1n) is 4.40. The monoisotopic (exact) mass is 268 g/mol. The molecule has 0 unspecified atom stereocenters. The Bertz CT molecular complexity index is 572. The molecule has 2 aromatic rings. The predicted molar refractivity (Wildman–Crippen MR) is 61.5 cm³/mol. The van der Waals surface area contributed by atoms with E-state index in [0.29, 0.717) is 15.8 Å². The van der Waals surface area contributed by atoms with Crippen molar-refractivity contribution in [3.63, 3.8) is 0 Å². The molecule has 0 aliphatic rings. The summed E-state index contributed by atoms with van der Waals surface area (Å²) in [6.45, 7) is 1.87. The first-order chi connectivity index (χ1) is 7.13. The molecule has 15 heavy (non-hydrogen) atoms. The highest BCUT2D eigenvalue weighted by atomic mass is 79.9. The Balaban J connectivity index is 2.86. The third-order valence-electron chi connectivity index (χ3n) is 2.30. The van der Waals surface area contributed by atoms with Gasteiger partial charge in [0.25, 0.3) is 0 Å². The van der Waals surface area contributed by atoms with Gasteiger partial charge in [-0.05, 0) is 40.5 Å². The molecule has 1 heterocycles. The molecule has 1 aromatic carbocycles. The summed E-state index contributed by atoms with van der Waals surface area (Å²) in [5.41, 5.74) is 1.05. The van der Waals surface area contributed by atoms with Gasteiger partial charge in [-0.15, -0.1) is 0 Å². The van der Waals surface area contributed by atoms with Gasteiger partial charge in [-0.3, -0.25) is 0 Å². The van der Waals surface area contributed by atoms with Crippen molar-refractivity contribution in [1.29, 1.82) is 0 Å². The molecule has 0 fully saturated rings. The maximum atomic E-state index is 11.4. The zero-order valence-corrected chi connectivity index (χ0v) is 9.92. The van der Waals surface area contributed by atoms with E-state index in [9.17, 15) is 4.79 Å². The van der Waals surface area contributed by atoms with E-state index in [2.05, 4.69) is 15.9 Å². The molecule has 1 aromatic heterocycles. The SMILES string of the molecule is COc1ccc2c(C)c(Br)c(=O)oc2c1. The molecule has 0 N–H and O–H groups in total. The van der Waals surface area contributed by atoms with Gasteiger partial charge >= 0.3 is 5.63 Å². The maximum Gasteiger partial charge on any atom is 0.350 e. The van der Waals surface area contributed by atoms with Crippen LogP contribution in [0.15, 0.2) is 31.9 Å². The highest BCUT2D eigenvalue weighted by Crippen LogP contribution is 2.25. The Labute approximate surface area is 94.8 Å². The molecule has 0 saturated carbocycles. The molecule has 0 saturated heterocycles. The van der Waals surface area contributed by atoms with Crippen molar-refractivity contribution in [3.05, 3.63) is 38.7 Å². The number of aryl methyl sites for hydroxylation is 1. The molecule has 0 aliphatic heterocycles. The molecular formula is C11H9BrO3. The van der Waals surface area contributed by atoms with Crippen LogP contribution in [0.3, 0.4) is 0 Å². The summed E-state index contributed by atoms with van der Waals surface area (Å²) in [7, 11) is 1.57. The van der Waals surface area contributed by atoms with E-state index >= 15 is 0 Å². The lowest BCUT2D eigenvalue weighted by Crippen LogP contribution is -2.02. The Kier molecular flexibility index (Phi) is 2.52. The first kappa shape index (κ1) is 10.2. The van der Waals surface area contributed by atoms with Crippen LogP contribution in [0.1, 0.15) is 5.56 Å². The van der Waals surface area contributed by atoms with Crippen molar-refractivity contribution >= 4 is 26.9 Å². The molecule has 3 nitrogen and oxygen atoms in total. The van der Waals surface area contributed by atoms with Crippen LogP contribution in [-0.4, -0.2) is 7.11 Å². The second-order valence-corrected chi connectivity index (χ2v) is 3.98. The van der Waals surface area contributed by atoms with Gasteiger partial charge in [-0.2, -0.15) is 0 Å². The number of ether oxygens (including phenoxy) is 1. The lowest BCUT2D eigenvalue weighted by atomic mass is 10.1. The number of halogens is 1. The molecule has 0 atom stereocenters. The topological polar surface area (TPSA) is 39.4 Å². The Hall–Kier alpha value is -1.29. The van der Waals surface area contributed by atoms with Gasteiger partial charge in [0, 0.05) is 11.5 Å². The van der Waals surface area contributed by atoms with Gasteiger partial charge in [0.15, 0.2) is 0 Å². The first-order valence-corrected chi connectivity index (χ1v) is 5.19. The summed E-state index contributed by atoms with van der Waals surface area (Å²) >= 11 is 3.20. The minimum atomic E-state index is -0.367. The Morgan fingerprint density at radius 2 is 2.13 bits per heavy atom. The van der Waals surface area contributed by atoms with Crippen LogP contribution in [0.2, 0.25) is 0 Å². The van der Waals surface area contributed by atoms with Gasteiger partial charge in [0.1, 0.15) is 15.8 Å². The minimum absolute atomic E-state index is 0.367. The van der Waals surface area contributed by atoms with Crippen molar-refractivity contribution in [1.82, 2.24) is 0 Å². The molecular weight excluding hydrogens is 260 g/mol. The molecule has 0 bridgehead atoms. The summed E-state index contributed by atoms with van der Waals surface area (Å²) < 4.78 is 10.7. The highest BCUT2D eigenvalue weighted by molar-refractivity contribution is 9.10. The van der Waals surface area contributed by atoms with E-state index in [1.54, 1.807) is 13.2 Å². The number of hydrogen-bond donors (Lipinski definition) is 0. The van der Waals surface area contributed by atoms with Crippen LogP contribution in [0.25, 0.3) is 11.0 Å². The summed E-state index contributed by atoms with van der Waals surface area (Å²) in [5.74, 6) is 0.673. The molecule has 0 amide bonds. The molecule has 0 radical (unpaired) electrons. The van der Waals surface area contributed by atoms with Gasteiger partial charge in [0.2, 0.25) is 0 Å². The number of rotatable bonds is 1. The van der Waals surface area contributed by atoms with Crippen molar-refractivity contribution in [2.45, 2.75) is 6.92 Å². The highest BCUT2D eigenvalue weighted by Gasteiger charge is 2.08.